The van der Waals surface area contributed by atoms with Gasteiger partial charge in [-0.25, -0.2) is 4.39 Å². The van der Waals surface area contributed by atoms with Gasteiger partial charge in [-0.3, -0.25) is 0 Å². The lowest BCUT2D eigenvalue weighted by Crippen LogP contribution is -2.05. The first-order chi connectivity index (χ1) is 7.15. The van der Waals surface area contributed by atoms with Crippen LogP contribution in [-0.4, -0.2) is 5.11 Å². The van der Waals surface area contributed by atoms with E-state index in [1.807, 2.05) is 6.07 Å². The number of hydrogen-bond donors (Lipinski definition) is 1. The minimum absolute atomic E-state index is 0.143. The van der Waals surface area contributed by atoms with E-state index in [0.29, 0.717) is 10.0 Å². The van der Waals surface area contributed by atoms with Gasteiger partial charge in [-0.2, -0.15) is 5.26 Å². The number of aliphatic hydroxyl groups excluding tert-OH is 1. The van der Waals surface area contributed by atoms with Crippen LogP contribution in [0.1, 0.15) is 30.1 Å². The monoisotopic (exact) mass is 269 g/mol. The molecule has 1 fully saturated rings. The highest BCUT2D eigenvalue weighted by Crippen LogP contribution is 2.44. The van der Waals surface area contributed by atoms with Crippen LogP contribution in [-0.2, 0) is 0 Å². The third-order valence-corrected chi connectivity index (χ3v) is 3.47. The molecular weight excluding hydrogens is 261 g/mol. The van der Waals surface area contributed by atoms with Gasteiger partial charge in [-0.05, 0) is 46.8 Å². The highest BCUT2D eigenvalue weighted by atomic mass is 79.9. The molecule has 0 bridgehead atoms. The lowest BCUT2D eigenvalue weighted by molar-refractivity contribution is 0.148. The van der Waals surface area contributed by atoms with Crippen LogP contribution in [0.5, 0.6) is 0 Å². The fraction of sp³-hybridized carbons (Fsp3) is 0.364. The van der Waals surface area contributed by atoms with Gasteiger partial charge in [0.25, 0.3) is 0 Å². The smallest absolute Gasteiger partial charge is 0.130 e. The van der Waals surface area contributed by atoms with E-state index < -0.39 is 11.9 Å². The second-order valence-corrected chi connectivity index (χ2v) is 4.51. The molecule has 1 atom stereocenters. The Kier molecular flexibility index (Phi) is 2.76. The molecule has 0 aromatic heterocycles. The second-order valence-electron chi connectivity index (χ2n) is 3.72. The van der Waals surface area contributed by atoms with E-state index in [1.165, 1.54) is 12.1 Å². The molecule has 2 rings (SSSR count). The molecule has 0 aliphatic heterocycles. The van der Waals surface area contributed by atoms with Crippen LogP contribution in [0.4, 0.5) is 4.39 Å². The van der Waals surface area contributed by atoms with E-state index in [-0.39, 0.29) is 11.5 Å². The maximum absolute atomic E-state index is 13.5. The largest absolute Gasteiger partial charge is 0.388 e. The summed E-state index contributed by atoms with van der Waals surface area (Å²) in [5.41, 5.74) is 0.572. The number of nitriles is 1. The Morgan fingerprint density at radius 1 is 1.53 bits per heavy atom. The molecule has 0 heterocycles. The molecule has 1 aliphatic carbocycles. The summed E-state index contributed by atoms with van der Waals surface area (Å²) < 4.78 is 13.9. The number of halogens is 2. The molecule has 1 aromatic carbocycles. The normalized spacial score (nSPS) is 17.2. The SMILES string of the molecule is N#Cc1ccc(F)c(C(O)C2CC2)c1Br. The van der Waals surface area contributed by atoms with E-state index in [9.17, 15) is 9.50 Å². The van der Waals surface area contributed by atoms with Crippen molar-refractivity contribution in [2.24, 2.45) is 5.92 Å². The number of benzene rings is 1. The summed E-state index contributed by atoms with van der Waals surface area (Å²) in [4.78, 5) is 0. The summed E-state index contributed by atoms with van der Waals surface area (Å²) in [6.45, 7) is 0. The Bertz CT molecular complexity index is 437. The molecule has 1 aromatic rings. The number of hydrogen-bond acceptors (Lipinski definition) is 2. The maximum atomic E-state index is 13.5. The van der Waals surface area contributed by atoms with Crippen molar-refractivity contribution >= 4 is 15.9 Å². The van der Waals surface area contributed by atoms with Crippen molar-refractivity contribution in [3.63, 3.8) is 0 Å². The van der Waals surface area contributed by atoms with Crippen molar-refractivity contribution in [2.75, 3.05) is 0 Å². The van der Waals surface area contributed by atoms with Crippen molar-refractivity contribution in [3.8, 4) is 6.07 Å². The Morgan fingerprint density at radius 2 is 2.20 bits per heavy atom. The fourth-order valence-electron chi connectivity index (χ4n) is 1.57. The molecule has 1 unspecified atom stereocenters. The molecule has 15 heavy (non-hydrogen) atoms. The van der Waals surface area contributed by atoms with Gasteiger partial charge < -0.3 is 5.11 Å². The van der Waals surface area contributed by atoms with Gasteiger partial charge in [0.05, 0.1) is 11.7 Å². The summed E-state index contributed by atoms with van der Waals surface area (Å²) in [7, 11) is 0. The molecule has 78 valence electrons. The van der Waals surface area contributed by atoms with E-state index in [4.69, 9.17) is 5.26 Å². The Labute approximate surface area is 95.5 Å². The van der Waals surface area contributed by atoms with Gasteiger partial charge >= 0.3 is 0 Å². The lowest BCUT2D eigenvalue weighted by atomic mass is 10.0. The standard InChI is InChI=1S/C11H9BrFNO/c12-10-7(5-14)3-4-8(13)9(10)11(15)6-1-2-6/h3-4,6,11,15H,1-2H2. The van der Waals surface area contributed by atoms with Crippen molar-refractivity contribution in [3.05, 3.63) is 33.5 Å². The maximum Gasteiger partial charge on any atom is 0.130 e. The highest BCUT2D eigenvalue weighted by Gasteiger charge is 2.34. The quantitative estimate of drug-likeness (QED) is 0.897. The predicted octanol–water partition coefficient (Wildman–Crippen LogP) is 2.90. The average Bonchev–Trinajstić information content (AvgIpc) is 3.01. The van der Waals surface area contributed by atoms with Crippen LogP contribution in [0.15, 0.2) is 16.6 Å². The van der Waals surface area contributed by atoms with E-state index >= 15 is 0 Å². The van der Waals surface area contributed by atoms with Crippen molar-refractivity contribution in [1.82, 2.24) is 0 Å². The van der Waals surface area contributed by atoms with Gasteiger partial charge in [0.2, 0.25) is 0 Å². The number of nitrogens with zero attached hydrogens (tertiary/aromatic N) is 1. The summed E-state index contributed by atoms with van der Waals surface area (Å²) in [6, 6.07) is 4.58. The lowest BCUT2D eigenvalue weighted by Gasteiger charge is -2.13. The van der Waals surface area contributed by atoms with Crippen molar-refractivity contribution in [1.29, 1.82) is 5.26 Å². The first-order valence-electron chi connectivity index (χ1n) is 4.71. The van der Waals surface area contributed by atoms with Gasteiger partial charge in [0, 0.05) is 10.0 Å². The Balaban J connectivity index is 2.48. The highest BCUT2D eigenvalue weighted by molar-refractivity contribution is 9.10. The molecule has 0 saturated heterocycles. The van der Waals surface area contributed by atoms with Gasteiger partial charge in [-0.15, -0.1) is 0 Å². The third-order valence-electron chi connectivity index (χ3n) is 2.61. The Morgan fingerprint density at radius 3 is 2.73 bits per heavy atom. The van der Waals surface area contributed by atoms with E-state index in [2.05, 4.69) is 15.9 Å². The van der Waals surface area contributed by atoms with Crippen molar-refractivity contribution in [2.45, 2.75) is 18.9 Å². The Hall–Kier alpha value is -0.920. The third kappa shape index (κ3) is 1.90. The van der Waals surface area contributed by atoms with Crippen LogP contribution in [0, 0.1) is 23.1 Å². The zero-order valence-corrected chi connectivity index (χ0v) is 9.46. The first-order valence-corrected chi connectivity index (χ1v) is 5.50. The average molecular weight is 270 g/mol. The molecule has 1 N–H and O–H groups in total. The number of rotatable bonds is 2. The van der Waals surface area contributed by atoms with Crippen LogP contribution in [0.3, 0.4) is 0 Å². The van der Waals surface area contributed by atoms with Crippen LogP contribution in [0.25, 0.3) is 0 Å². The molecule has 0 amide bonds. The molecule has 1 saturated carbocycles. The van der Waals surface area contributed by atoms with E-state index in [0.717, 1.165) is 12.8 Å². The minimum atomic E-state index is -0.798. The fourth-order valence-corrected chi connectivity index (χ4v) is 2.22. The van der Waals surface area contributed by atoms with Gasteiger partial charge in [-0.1, -0.05) is 0 Å². The minimum Gasteiger partial charge on any atom is -0.388 e. The molecular formula is C11H9BrFNO. The topological polar surface area (TPSA) is 44.0 Å². The summed E-state index contributed by atoms with van der Waals surface area (Å²) >= 11 is 3.17. The van der Waals surface area contributed by atoms with Gasteiger partial charge in [0.1, 0.15) is 11.9 Å². The zero-order valence-electron chi connectivity index (χ0n) is 7.87. The van der Waals surface area contributed by atoms with Gasteiger partial charge in [0.15, 0.2) is 0 Å². The molecule has 2 nitrogen and oxygen atoms in total. The predicted molar refractivity (Wildman–Crippen MR) is 56.5 cm³/mol. The second kappa shape index (κ2) is 3.92. The molecule has 1 aliphatic rings. The molecule has 0 radical (unpaired) electrons. The van der Waals surface area contributed by atoms with Crippen molar-refractivity contribution < 1.29 is 9.50 Å². The zero-order chi connectivity index (χ0) is 11.0. The summed E-state index contributed by atoms with van der Waals surface area (Å²) in [5, 5.41) is 18.6. The van der Waals surface area contributed by atoms with Crippen LogP contribution >= 0.6 is 15.9 Å². The number of aliphatic hydroxyl groups is 1. The van der Waals surface area contributed by atoms with Crippen LogP contribution in [0.2, 0.25) is 0 Å². The summed E-state index contributed by atoms with van der Waals surface area (Å²) in [6.07, 6.45) is 1.04. The summed E-state index contributed by atoms with van der Waals surface area (Å²) in [5.74, 6) is -0.315. The molecule has 4 heteroatoms. The van der Waals surface area contributed by atoms with Crippen LogP contribution < -0.4 is 0 Å². The first kappa shape index (κ1) is 10.6. The molecule has 0 spiro atoms. The van der Waals surface area contributed by atoms with E-state index in [1.54, 1.807) is 0 Å².